The van der Waals surface area contributed by atoms with Gasteiger partial charge >= 0.3 is 0 Å². The van der Waals surface area contributed by atoms with Gasteiger partial charge in [-0.2, -0.15) is 5.10 Å². The molecular formula is C18H16N4O2. The minimum absolute atomic E-state index is 0.194. The SMILES string of the molecule is O=C(Cc1ccccc1)NNC(=O)c1cc(-c2ccccc2)n[nH]1. The smallest absolute Gasteiger partial charge is 0.273 e. The van der Waals surface area contributed by atoms with Gasteiger partial charge in [0.25, 0.3) is 5.91 Å². The second kappa shape index (κ2) is 7.23. The molecule has 2 aromatic carbocycles. The van der Waals surface area contributed by atoms with Crippen LogP contribution in [0, 0.1) is 0 Å². The van der Waals surface area contributed by atoms with E-state index in [9.17, 15) is 9.59 Å². The lowest BCUT2D eigenvalue weighted by atomic mass is 10.1. The number of H-pyrrole nitrogens is 1. The van der Waals surface area contributed by atoms with Gasteiger partial charge in [0.1, 0.15) is 5.69 Å². The van der Waals surface area contributed by atoms with Crippen LogP contribution in [-0.2, 0) is 11.2 Å². The summed E-state index contributed by atoms with van der Waals surface area (Å²) in [6.45, 7) is 0. The minimum atomic E-state index is -0.453. The standard InChI is InChI=1S/C18H16N4O2/c23-17(11-13-7-3-1-4-8-13)21-22-18(24)16-12-15(19-20-16)14-9-5-2-6-10-14/h1-10,12H,11H2,(H,19,20)(H,21,23)(H,22,24). The Labute approximate surface area is 138 Å². The monoisotopic (exact) mass is 320 g/mol. The number of hydrazine groups is 1. The summed E-state index contributed by atoms with van der Waals surface area (Å²) in [6.07, 6.45) is 0.194. The Balaban J connectivity index is 1.56. The summed E-state index contributed by atoms with van der Waals surface area (Å²) in [6, 6.07) is 20.4. The van der Waals surface area contributed by atoms with Crippen molar-refractivity contribution in [1.82, 2.24) is 21.0 Å². The third-order valence-corrected chi connectivity index (χ3v) is 3.41. The Morgan fingerprint density at radius 1 is 0.917 bits per heavy atom. The maximum absolute atomic E-state index is 12.0. The number of carbonyl (C=O) groups is 2. The lowest BCUT2D eigenvalue weighted by Crippen LogP contribution is -2.42. The number of rotatable bonds is 4. The maximum atomic E-state index is 12.0. The van der Waals surface area contributed by atoms with E-state index in [1.165, 1.54) is 0 Å². The average Bonchev–Trinajstić information content (AvgIpc) is 3.11. The summed E-state index contributed by atoms with van der Waals surface area (Å²) in [7, 11) is 0. The van der Waals surface area contributed by atoms with Crippen LogP contribution < -0.4 is 10.9 Å². The number of benzene rings is 2. The number of hydrogen-bond acceptors (Lipinski definition) is 3. The first-order valence-corrected chi connectivity index (χ1v) is 7.46. The van der Waals surface area contributed by atoms with E-state index in [-0.39, 0.29) is 18.0 Å². The minimum Gasteiger partial charge on any atom is -0.273 e. The average molecular weight is 320 g/mol. The van der Waals surface area contributed by atoms with Crippen molar-refractivity contribution in [3.8, 4) is 11.3 Å². The van der Waals surface area contributed by atoms with E-state index < -0.39 is 5.91 Å². The van der Waals surface area contributed by atoms with Crippen LogP contribution >= 0.6 is 0 Å². The molecule has 3 aromatic rings. The van der Waals surface area contributed by atoms with Crippen molar-refractivity contribution in [3.05, 3.63) is 78.0 Å². The molecule has 24 heavy (non-hydrogen) atoms. The molecule has 120 valence electrons. The quantitative estimate of drug-likeness (QED) is 0.643. The van der Waals surface area contributed by atoms with Crippen molar-refractivity contribution in [1.29, 1.82) is 0 Å². The normalized spacial score (nSPS) is 10.2. The van der Waals surface area contributed by atoms with Gasteiger partial charge in [0, 0.05) is 5.56 Å². The first-order chi connectivity index (χ1) is 11.7. The van der Waals surface area contributed by atoms with Gasteiger partial charge in [-0.1, -0.05) is 60.7 Å². The molecule has 0 unspecified atom stereocenters. The summed E-state index contributed by atoms with van der Waals surface area (Å²) in [5.74, 6) is -0.747. The van der Waals surface area contributed by atoms with Crippen LogP contribution in [0.3, 0.4) is 0 Å². The van der Waals surface area contributed by atoms with Gasteiger partial charge < -0.3 is 0 Å². The molecule has 0 saturated heterocycles. The third-order valence-electron chi connectivity index (χ3n) is 3.41. The van der Waals surface area contributed by atoms with Crippen molar-refractivity contribution in [2.45, 2.75) is 6.42 Å². The predicted molar refractivity (Wildman–Crippen MR) is 89.8 cm³/mol. The first kappa shape index (κ1) is 15.5. The number of aromatic nitrogens is 2. The number of nitrogens with zero attached hydrogens (tertiary/aromatic N) is 1. The number of hydrogen-bond donors (Lipinski definition) is 3. The van der Waals surface area contributed by atoms with E-state index in [4.69, 9.17) is 0 Å². The molecule has 0 spiro atoms. The molecule has 2 amide bonds. The Bertz CT molecular complexity index is 828. The summed E-state index contributed by atoms with van der Waals surface area (Å²) in [5.41, 5.74) is 7.48. The van der Waals surface area contributed by atoms with E-state index in [1.807, 2.05) is 60.7 Å². The van der Waals surface area contributed by atoms with Crippen molar-refractivity contribution >= 4 is 11.8 Å². The van der Waals surface area contributed by atoms with Crippen LogP contribution in [0.1, 0.15) is 16.1 Å². The highest BCUT2D eigenvalue weighted by Crippen LogP contribution is 2.16. The van der Waals surface area contributed by atoms with Gasteiger partial charge in [-0.25, -0.2) is 0 Å². The summed E-state index contributed by atoms with van der Waals surface area (Å²) in [4.78, 5) is 23.9. The molecule has 1 aromatic heterocycles. The molecule has 6 heteroatoms. The molecule has 1 heterocycles. The maximum Gasteiger partial charge on any atom is 0.287 e. The number of amides is 2. The van der Waals surface area contributed by atoms with Gasteiger partial charge in [-0.3, -0.25) is 25.5 Å². The summed E-state index contributed by atoms with van der Waals surface area (Å²) < 4.78 is 0. The number of aromatic amines is 1. The molecule has 3 N–H and O–H groups in total. The Morgan fingerprint density at radius 3 is 2.29 bits per heavy atom. The molecule has 0 saturated carbocycles. The Morgan fingerprint density at radius 2 is 1.58 bits per heavy atom. The second-order valence-electron chi connectivity index (χ2n) is 5.20. The van der Waals surface area contributed by atoms with Crippen LogP contribution in [-0.4, -0.2) is 22.0 Å². The Kier molecular flexibility index (Phi) is 4.67. The topological polar surface area (TPSA) is 86.9 Å². The highest BCUT2D eigenvalue weighted by atomic mass is 16.2. The largest absolute Gasteiger partial charge is 0.287 e. The van der Waals surface area contributed by atoms with Crippen LogP contribution in [0.4, 0.5) is 0 Å². The molecule has 0 radical (unpaired) electrons. The van der Waals surface area contributed by atoms with Crippen LogP contribution in [0.2, 0.25) is 0 Å². The number of nitrogens with one attached hydrogen (secondary N) is 3. The van der Waals surface area contributed by atoms with Gasteiger partial charge in [-0.05, 0) is 11.6 Å². The molecule has 0 fully saturated rings. The zero-order chi connectivity index (χ0) is 16.8. The molecule has 3 rings (SSSR count). The fraction of sp³-hybridized carbons (Fsp3) is 0.0556. The van der Waals surface area contributed by atoms with Crippen LogP contribution in [0.25, 0.3) is 11.3 Å². The summed E-state index contributed by atoms with van der Waals surface area (Å²) >= 11 is 0. The molecule has 0 bridgehead atoms. The van der Waals surface area contributed by atoms with Crippen molar-refractivity contribution < 1.29 is 9.59 Å². The zero-order valence-electron chi connectivity index (χ0n) is 12.8. The van der Waals surface area contributed by atoms with E-state index in [1.54, 1.807) is 6.07 Å². The van der Waals surface area contributed by atoms with Crippen molar-refractivity contribution in [3.63, 3.8) is 0 Å². The third kappa shape index (κ3) is 3.86. The van der Waals surface area contributed by atoms with E-state index >= 15 is 0 Å². The molecule has 0 aliphatic heterocycles. The van der Waals surface area contributed by atoms with Crippen LogP contribution in [0.5, 0.6) is 0 Å². The molecule has 6 nitrogen and oxygen atoms in total. The van der Waals surface area contributed by atoms with Crippen LogP contribution in [0.15, 0.2) is 66.7 Å². The van der Waals surface area contributed by atoms with Gasteiger partial charge in [0.05, 0.1) is 12.1 Å². The fourth-order valence-corrected chi connectivity index (χ4v) is 2.21. The van der Waals surface area contributed by atoms with Crippen molar-refractivity contribution in [2.75, 3.05) is 0 Å². The van der Waals surface area contributed by atoms with Gasteiger partial charge in [-0.15, -0.1) is 0 Å². The zero-order valence-corrected chi connectivity index (χ0v) is 12.8. The first-order valence-electron chi connectivity index (χ1n) is 7.46. The molecule has 0 aliphatic rings. The van der Waals surface area contributed by atoms with Gasteiger partial charge in [0.2, 0.25) is 5.91 Å². The second-order valence-corrected chi connectivity index (χ2v) is 5.20. The number of carbonyl (C=O) groups excluding carboxylic acids is 2. The molecule has 0 atom stereocenters. The highest BCUT2D eigenvalue weighted by molar-refractivity contribution is 5.94. The Hall–Kier alpha value is -3.41. The highest BCUT2D eigenvalue weighted by Gasteiger charge is 2.12. The summed E-state index contributed by atoms with van der Waals surface area (Å²) in [5, 5.41) is 6.77. The fourth-order valence-electron chi connectivity index (χ4n) is 2.21. The predicted octanol–water partition coefficient (Wildman–Crippen LogP) is 2.08. The van der Waals surface area contributed by atoms with E-state index in [2.05, 4.69) is 21.0 Å². The van der Waals surface area contributed by atoms with E-state index in [0.29, 0.717) is 5.69 Å². The van der Waals surface area contributed by atoms with Crippen molar-refractivity contribution in [2.24, 2.45) is 0 Å². The lowest BCUT2D eigenvalue weighted by Gasteiger charge is -2.06. The lowest BCUT2D eigenvalue weighted by molar-refractivity contribution is -0.121. The molecule has 0 aliphatic carbocycles. The molecular weight excluding hydrogens is 304 g/mol. The van der Waals surface area contributed by atoms with Gasteiger partial charge in [0.15, 0.2) is 0 Å². The van der Waals surface area contributed by atoms with E-state index in [0.717, 1.165) is 11.1 Å².